The van der Waals surface area contributed by atoms with Crippen molar-refractivity contribution in [1.82, 2.24) is 15.3 Å². The third-order valence-electron chi connectivity index (χ3n) is 4.04. The summed E-state index contributed by atoms with van der Waals surface area (Å²) in [5, 5.41) is 2.94. The number of carbonyl (C=O) groups is 1. The molecule has 2 aromatic rings. The Morgan fingerprint density at radius 2 is 1.91 bits per heavy atom. The molecule has 1 aliphatic rings. The van der Waals surface area contributed by atoms with Crippen LogP contribution >= 0.6 is 0 Å². The number of hydrogen-bond acceptors (Lipinski definition) is 4. The van der Waals surface area contributed by atoms with Crippen molar-refractivity contribution >= 4 is 11.9 Å². The lowest BCUT2D eigenvalue weighted by molar-refractivity contribution is -0.121. The number of hydrogen-bond donors (Lipinski definition) is 1. The van der Waals surface area contributed by atoms with Crippen LogP contribution in [0.15, 0.2) is 42.6 Å². The highest BCUT2D eigenvalue weighted by molar-refractivity contribution is 5.76. The van der Waals surface area contributed by atoms with Crippen LogP contribution in [0.5, 0.6) is 0 Å². The van der Waals surface area contributed by atoms with Crippen LogP contribution in [-0.2, 0) is 17.8 Å². The summed E-state index contributed by atoms with van der Waals surface area (Å²) in [6, 6.07) is 11.9. The van der Waals surface area contributed by atoms with E-state index in [1.54, 1.807) is 6.20 Å². The third-order valence-corrected chi connectivity index (χ3v) is 4.04. The predicted octanol–water partition coefficient (Wildman–Crippen LogP) is 2.33. The van der Waals surface area contributed by atoms with Crippen molar-refractivity contribution in [2.24, 2.45) is 0 Å². The minimum atomic E-state index is 0.0511. The van der Waals surface area contributed by atoms with Crippen LogP contribution in [0.25, 0.3) is 0 Å². The van der Waals surface area contributed by atoms with E-state index in [9.17, 15) is 4.79 Å². The van der Waals surface area contributed by atoms with E-state index < -0.39 is 0 Å². The van der Waals surface area contributed by atoms with Crippen LogP contribution in [0.4, 0.5) is 5.95 Å². The van der Waals surface area contributed by atoms with Gasteiger partial charge in [0.1, 0.15) is 0 Å². The summed E-state index contributed by atoms with van der Waals surface area (Å²) in [7, 11) is 0. The van der Waals surface area contributed by atoms with Crippen LogP contribution in [0.2, 0.25) is 0 Å². The largest absolute Gasteiger partial charge is 0.350 e. The molecule has 2 heterocycles. The van der Waals surface area contributed by atoms with Crippen molar-refractivity contribution < 1.29 is 4.79 Å². The second-order valence-electron chi connectivity index (χ2n) is 5.80. The Bertz CT molecular complexity index is 638. The Hall–Kier alpha value is -2.43. The van der Waals surface area contributed by atoms with Gasteiger partial charge in [0.15, 0.2) is 0 Å². The maximum Gasteiger partial charge on any atom is 0.225 e. The minimum absolute atomic E-state index is 0.0511. The van der Waals surface area contributed by atoms with Gasteiger partial charge in [0.25, 0.3) is 0 Å². The Morgan fingerprint density at radius 3 is 2.70 bits per heavy atom. The summed E-state index contributed by atoms with van der Waals surface area (Å²) in [6.07, 6.45) is 5.42. The number of aryl methyl sites for hydroxylation is 1. The van der Waals surface area contributed by atoms with Gasteiger partial charge in [0.05, 0.1) is 12.2 Å². The number of carbonyl (C=O) groups excluding carboxylic acids is 1. The Morgan fingerprint density at radius 1 is 1.13 bits per heavy atom. The van der Waals surface area contributed by atoms with Crippen LogP contribution < -0.4 is 10.2 Å². The zero-order valence-electron chi connectivity index (χ0n) is 13.2. The molecule has 1 N–H and O–H groups in total. The summed E-state index contributed by atoms with van der Waals surface area (Å²) in [5.74, 6) is 0.828. The molecule has 1 aromatic heterocycles. The number of nitrogens with one attached hydrogen (secondary N) is 1. The van der Waals surface area contributed by atoms with Gasteiger partial charge in [-0.1, -0.05) is 30.3 Å². The summed E-state index contributed by atoms with van der Waals surface area (Å²) in [6.45, 7) is 2.50. The van der Waals surface area contributed by atoms with Crippen molar-refractivity contribution in [2.45, 2.75) is 32.2 Å². The number of amides is 1. The van der Waals surface area contributed by atoms with E-state index in [-0.39, 0.29) is 5.91 Å². The fourth-order valence-electron chi connectivity index (χ4n) is 2.73. The molecule has 1 aromatic carbocycles. The lowest BCUT2D eigenvalue weighted by Crippen LogP contribution is -2.25. The van der Waals surface area contributed by atoms with Gasteiger partial charge < -0.3 is 10.2 Å². The first-order valence-electron chi connectivity index (χ1n) is 8.19. The third kappa shape index (κ3) is 4.52. The Balaban J connectivity index is 1.48. The van der Waals surface area contributed by atoms with Crippen LogP contribution in [0.3, 0.4) is 0 Å². The van der Waals surface area contributed by atoms with Gasteiger partial charge in [-0.3, -0.25) is 4.79 Å². The van der Waals surface area contributed by atoms with Crippen LogP contribution in [0.1, 0.15) is 30.5 Å². The summed E-state index contributed by atoms with van der Waals surface area (Å²) >= 11 is 0. The van der Waals surface area contributed by atoms with Gasteiger partial charge in [-0.05, 0) is 30.9 Å². The highest BCUT2D eigenvalue weighted by atomic mass is 16.1. The molecule has 0 bridgehead atoms. The molecule has 0 unspecified atom stereocenters. The molecule has 0 spiro atoms. The Kier molecular flexibility index (Phi) is 5.19. The van der Waals surface area contributed by atoms with Crippen molar-refractivity contribution in [3.8, 4) is 0 Å². The maximum atomic E-state index is 12.0. The quantitative estimate of drug-likeness (QED) is 0.889. The van der Waals surface area contributed by atoms with E-state index in [4.69, 9.17) is 0 Å². The molecule has 1 amide bonds. The molecular formula is C18H22N4O. The fourth-order valence-corrected chi connectivity index (χ4v) is 2.73. The van der Waals surface area contributed by atoms with Gasteiger partial charge in [0.2, 0.25) is 11.9 Å². The lowest BCUT2D eigenvalue weighted by atomic mass is 10.1. The number of benzene rings is 1. The molecule has 0 atom stereocenters. The maximum absolute atomic E-state index is 12.0. The highest BCUT2D eigenvalue weighted by Gasteiger charge is 2.15. The van der Waals surface area contributed by atoms with Crippen molar-refractivity contribution in [3.63, 3.8) is 0 Å². The normalized spacial score (nSPS) is 14.0. The predicted molar refractivity (Wildman–Crippen MR) is 90.1 cm³/mol. The van der Waals surface area contributed by atoms with Gasteiger partial charge >= 0.3 is 0 Å². The number of aromatic nitrogens is 2. The highest BCUT2D eigenvalue weighted by Crippen LogP contribution is 2.15. The lowest BCUT2D eigenvalue weighted by Gasteiger charge is -2.15. The molecule has 5 heteroatoms. The van der Waals surface area contributed by atoms with E-state index in [1.807, 2.05) is 36.4 Å². The standard InChI is InChI=1S/C18H22N4O/c23-17(9-8-15-6-2-1-3-7-15)20-14-16-10-11-19-18(21-16)22-12-4-5-13-22/h1-3,6-7,10-11H,4-5,8-9,12-14H2,(H,20,23). The number of nitrogens with zero attached hydrogens (tertiary/aromatic N) is 3. The smallest absolute Gasteiger partial charge is 0.225 e. The molecule has 1 saturated heterocycles. The van der Waals surface area contributed by atoms with Crippen molar-refractivity contribution in [2.75, 3.05) is 18.0 Å². The molecule has 120 valence electrons. The second-order valence-corrected chi connectivity index (χ2v) is 5.80. The molecule has 0 aliphatic carbocycles. The topological polar surface area (TPSA) is 58.1 Å². The molecule has 0 saturated carbocycles. The van der Waals surface area contributed by atoms with Crippen LogP contribution in [0, 0.1) is 0 Å². The zero-order chi connectivity index (χ0) is 15.9. The molecule has 3 rings (SSSR count). The monoisotopic (exact) mass is 310 g/mol. The summed E-state index contributed by atoms with van der Waals surface area (Å²) < 4.78 is 0. The molecule has 0 radical (unpaired) electrons. The molecule has 5 nitrogen and oxygen atoms in total. The van der Waals surface area contributed by atoms with Gasteiger partial charge in [-0.2, -0.15) is 0 Å². The van der Waals surface area contributed by atoms with Crippen LogP contribution in [-0.4, -0.2) is 29.0 Å². The summed E-state index contributed by atoms with van der Waals surface area (Å²) in [5.41, 5.74) is 2.04. The second kappa shape index (κ2) is 7.72. The molecule has 23 heavy (non-hydrogen) atoms. The van der Waals surface area contributed by atoms with Gasteiger partial charge in [-0.15, -0.1) is 0 Å². The first-order valence-corrected chi connectivity index (χ1v) is 8.19. The van der Waals surface area contributed by atoms with Gasteiger partial charge in [-0.25, -0.2) is 9.97 Å². The van der Waals surface area contributed by atoms with Gasteiger partial charge in [0, 0.05) is 25.7 Å². The van der Waals surface area contributed by atoms with E-state index in [1.165, 1.54) is 18.4 Å². The number of rotatable bonds is 6. The molecule has 1 aliphatic heterocycles. The van der Waals surface area contributed by atoms with Crippen molar-refractivity contribution in [1.29, 1.82) is 0 Å². The van der Waals surface area contributed by atoms with E-state index in [0.717, 1.165) is 31.2 Å². The minimum Gasteiger partial charge on any atom is -0.350 e. The van der Waals surface area contributed by atoms with E-state index in [0.29, 0.717) is 13.0 Å². The first kappa shape index (κ1) is 15.5. The zero-order valence-corrected chi connectivity index (χ0v) is 13.2. The summed E-state index contributed by atoms with van der Waals surface area (Å²) in [4.78, 5) is 23.0. The number of anilines is 1. The van der Waals surface area contributed by atoms with Crippen molar-refractivity contribution in [3.05, 3.63) is 53.9 Å². The average molecular weight is 310 g/mol. The fraction of sp³-hybridized carbons (Fsp3) is 0.389. The Labute approximate surface area is 136 Å². The van der Waals surface area contributed by atoms with E-state index in [2.05, 4.69) is 20.2 Å². The SMILES string of the molecule is O=C(CCc1ccccc1)NCc1ccnc(N2CCCC2)n1. The molecular weight excluding hydrogens is 288 g/mol. The average Bonchev–Trinajstić information content (AvgIpc) is 3.14. The first-order chi connectivity index (χ1) is 11.3. The van der Waals surface area contributed by atoms with E-state index >= 15 is 0 Å². The molecule has 1 fully saturated rings.